The van der Waals surface area contributed by atoms with Crippen LogP contribution in [0, 0.1) is 17.8 Å². The third-order valence-corrected chi connectivity index (χ3v) is 10.8. The molecule has 3 atom stereocenters. The van der Waals surface area contributed by atoms with Crippen LogP contribution in [0.1, 0.15) is 80.4 Å². The molecule has 1 amide bonds. The number of amides is 1. The Hall–Kier alpha value is -2.52. The van der Waals surface area contributed by atoms with Crippen LogP contribution in [0.15, 0.2) is 23.1 Å². The maximum Gasteiger partial charge on any atom is 0.336 e. The van der Waals surface area contributed by atoms with Crippen molar-refractivity contribution < 1.29 is 23.1 Å². The minimum absolute atomic E-state index is 0.0376. The average molecular weight is 528 g/mol. The SMILES string of the molecule is C[C@H]1[C@H](C)CCC[C@H]1NC(=O)C1CCN(S(=O)(=O)c2ccc3nc4c(c(C(=O)O)c3c2)CCCC4)CC1. The molecule has 2 heterocycles. The number of fused-ring (bicyclic) bond motifs is 2. The molecule has 2 N–H and O–H groups in total. The van der Waals surface area contributed by atoms with Gasteiger partial charge in [0.25, 0.3) is 0 Å². The molecule has 37 heavy (non-hydrogen) atoms. The molecular weight excluding hydrogens is 490 g/mol. The molecule has 0 spiro atoms. The third-order valence-electron chi connectivity index (χ3n) is 8.94. The summed E-state index contributed by atoms with van der Waals surface area (Å²) in [6.07, 6.45) is 7.55. The molecule has 200 valence electrons. The highest BCUT2D eigenvalue weighted by Gasteiger charge is 2.35. The van der Waals surface area contributed by atoms with Gasteiger partial charge in [0.05, 0.1) is 16.0 Å². The molecule has 1 aliphatic heterocycles. The monoisotopic (exact) mass is 527 g/mol. The van der Waals surface area contributed by atoms with Crippen LogP contribution in [-0.4, -0.2) is 53.8 Å². The van der Waals surface area contributed by atoms with Crippen molar-refractivity contribution in [1.82, 2.24) is 14.6 Å². The van der Waals surface area contributed by atoms with Gasteiger partial charge in [0.1, 0.15) is 0 Å². The number of carboxylic acids is 1. The molecule has 1 aromatic carbocycles. The highest BCUT2D eigenvalue weighted by atomic mass is 32.2. The second-order valence-corrected chi connectivity index (χ2v) is 13.1. The van der Waals surface area contributed by atoms with Gasteiger partial charge in [-0.2, -0.15) is 4.31 Å². The standard InChI is InChI=1S/C28H37N3O5S/c1-17-6-5-9-23(18(17)2)30-27(32)19-12-14-31(15-13-19)37(35,36)20-10-11-25-22(16-20)26(28(33)34)21-7-3-4-8-24(21)29-25/h10-11,16-19,23H,3-9,12-15H2,1-2H3,(H,30,32)(H,33,34)/t17-,18+,23-/m1/s1. The molecule has 2 aromatic rings. The molecule has 2 aliphatic carbocycles. The lowest BCUT2D eigenvalue weighted by atomic mass is 9.78. The number of carbonyl (C=O) groups excluding carboxylic acids is 1. The topological polar surface area (TPSA) is 117 Å². The van der Waals surface area contributed by atoms with Gasteiger partial charge in [0, 0.05) is 36.1 Å². The molecule has 8 nitrogen and oxygen atoms in total. The van der Waals surface area contributed by atoms with Gasteiger partial charge in [-0.05, 0) is 80.5 Å². The lowest BCUT2D eigenvalue weighted by molar-refractivity contribution is -0.127. The van der Waals surface area contributed by atoms with Gasteiger partial charge in [-0.25, -0.2) is 13.2 Å². The summed E-state index contributed by atoms with van der Waals surface area (Å²) in [7, 11) is -3.83. The predicted octanol–water partition coefficient (Wildman–Crippen LogP) is 4.15. The van der Waals surface area contributed by atoms with Gasteiger partial charge in [-0.1, -0.05) is 26.7 Å². The van der Waals surface area contributed by atoms with E-state index in [4.69, 9.17) is 0 Å². The Balaban J connectivity index is 1.32. The Labute approximate surface area is 218 Å². The Morgan fingerprint density at radius 2 is 1.76 bits per heavy atom. The number of piperidine rings is 1. The number of hydrogen-bond acceptors (Lipinski definition) is 5. The molecule has 3 aliphatic rings. The molecule has 0 unspecified atom stereocenters. The van der Waals surface area contributed by atoms with Crippen molar-refractivity contribution >= 4 is 32.8 Å². The number of carbonyl (C=O) groups is 2. The van der Waals surface area contributed by atoms with Crippen LogP contribution < -0.4 is 5.32 Å². The summed E-state index contributed by atoms with van der Waals surface area (Å²) in [6.45, 7) is 4.98. The van der Waals surface area contributed by atoms with Crippen LogP contribution in [0.4, 0.5) is 0 Å². The Morgan fingerprint density at radius 1 is 1.03 bits per heavy atom. The number of nitrogens with one attached hydrogen (secondary N) is 1. The molecule has 0 radical (unpaired) electrons. The van der Waals surface area contributed by atoms with E-state index in [9.17, 15) is 23.1 Å². The Kier molecular flexibility index (Phi) is 7.29. The van der Waals surface area contributed by atoms with Gasteiger partial charge in [0.15, 0.2) is 0 Å². The zero-order valence-electron chi connectivity index (χ0n) is 21.7. The van der Waals surface area contributed by atoms with Crippen LogP contribution in [0.2, 0.25) is 0 Å². The number of nitrogens with zero attached hydrogens (tertiary/aromatic N) is 2. The van der Waals surface area contributed by atoms with Crippen LogP contribution in [0.25, 0.3) is 10.9 Å². The van der Waals surface area contributed by atoms with Gasteiger partial charge < -0.3 is 10.4 Å². The van der Waals surface area contributed by atoms with E-state index in [1.807, 2.05) is 0 Å². The fraction of sp³-hybridized carbons (Fsp3) is 0.607. The van der Waals surface area contributed by atoms with Crippen LogP contribution in [-0.2, 0) is 27.7 Å². The number of sulfonamides is 1. The van der Waals surface area contributed by atoms with Gasteiger partial charge in [-0.15, -0.1) is 0 Å². The first-order valence-corrected chi connectivity index (χ1v) is 15.1. The first kappa shape index (κ1) is 26.1. The largest absolute Gasteiger partial charge is 0.478 e. The summed E-state index contributed by atoms with van der Waals surface area (Å²) in [5.74, 6) is -0.164. The number of pyridine rings is 1. The van der Waals surface area contributed by atoms with Crippen LogP contribution >= 0.6 is 0 Å². The maximum atomic E-state index is 13.5. The minimum Gasteiger partial charge on any atom is -0.478 e. The van der Waals surface area contributed by atoms with Crippen LogP contribution in [0.3, 0.4) is 0 Å². The van der Waals surface area contributed by atoms with E-state index in [1.54, 1.807) is 6.07 Å². The van der Waals surface area contributed by atoms with E-state index < -0.39 is 16.0 Å². The second-order valence-electron chi connectivity index (χ2n) is 11.2. The van der Waals surface area contributed by atoms with E-state index >= 15 is 0 Å². The summed E-state index contributed by atoms with van der Waals surface area (Å²) in [5.41, 5.74) is 2.23. The van der Waals surface area contributed by atoms with E-state index in [1.165, 1.54) is 22.9 Å². The average Bonchev–Trinajstić information content (AvgIpc) is 2.89. The quantitative estimate of drug-likeness (QED) is 0.603. The van der Waals surface area contributed by atoms with Crippen molar-refractivity contribution in [1.29, 1.82) is 0 Å². The van der Waals surface area contributed by atoms with E-state index in [2.05, 4.69) is 24.1 Å². The van der Waals surface area contributed by atoms with Crippen LogP contribution in [0.5, 0.6) is 0 Å². The Morgan fingerprint density at radius 3 is 2.49 bits per heavy atom. The number of aromatic carboxylic acids is 1. The lowest BCUT2D eigenvalue weighted by Gasteiger charge is -2.36. The first-order valence-electron chi connectivity index (χ1n) is 13.7. The number of rotatable bonds is 5. The number of aryl methyl sites for hydroxylation is 1. The lowest BCUT2D eigenvalue weighted by Crippen LogP contribution is -2.48. The number of benzene rings is 1. The van der Waals surface area contributed by atoms with E-state index in [0.29, 0.717) is 42.0 Å². The summed E-state index contributed by atoms with van der Waals surface area (Å²) >= 11 is 0. The molecule has 2 fully saturated rings. The van der Waals surface area contributed by atoms with Crippen molar-refractivity contribution in [2.24, 2.45) is 17.8 Å². The molecule has 5 rings (SSSR count). The Bertz CT molecular complexity index is 1320. The zero-order chi connectivity index (χ0) is 26.3. The van der Waals surface area contributed by atoms with Crippen molar-refractivity contribution in [3.05, 3.63) is 35.0 Å². The first-order chi connectivity index (χ1) is 17.7. The number of carboxylic acid groups (broad SMARTS) is 1. The zero-order valence-corrected chi connectivity index (χ0v) is 22.5. The molecule has 0 bridgehead atoms. The second kappa shape index (κ2) is 10.3. The summed E-state index contributed by atoms with van der Waals surface area (Å²) in [6, 6.07) is 4.81. The molecule has 9 heteroatoms. The molecule has 1 saturated carbocycles. The smallest absolute Gasteiger partial charge is 0.336 e. The summed E-state index contributed by atoms with van der Waals surface area (Å²) in [5, 5.41) is 13.6. The van der Waals surface area contributed by atoms with Crippen molar-refractivity contribution in [2.75, 3.05) is 13.1 Å². The van der Waals surface area contributed by atoms with Crippen molar-refractivity contribution in [3.63, 3.8) is 0 Å². The maximum absolute atomic E-state index is 13.5. The molecule has 1 aromatic heterocycles. The predicted molar refractivity (Wildman–Crippen MR) is 141 cm³/mol. The van der Waals surface area contributed by atoms with Gasteiger partial charge in [0.2, 0.25) is 15.9 Å². The van der Waals surface area contributed by atoms with E-state index in [-0.39, 0.29) is 41.4 Å². The van der Waals surface area contributed by atoms with E-state index in [0.717, 1.165) is 43.4 Å². The highest BCUT2D eigenvalue weighted by molar-refractivity contribution is 7.89. The fourth-order valence-electron chi connectivity index (χ4n) is 6.40. The van der Waals surface area contributed by atoms with Gasteiger partial charge >= 0.3 is 5.97 Å². The molecule has 1 saturated heterocycles. The van der Waals surface area contributed by atoms with Crippen molar-refractivity contribution in [2.45, 2.75) is 82.6 Å². The summed E-state index contributed by atoms with van der Waals surface area (Å²) in [4.78, 5) is 29.9. The fourth-order valence-corrected chi connectivity index (χ4v) is 7.90. The highest BCUT2D eigenvalue weighted by Crippen LogP contribution is 2.33. The molecular formula is C28H37N3O5S. The van der Waals surface area contributed by atoms with Gasteiger partial charge in [-0.3, -0.25) is 9.78 Å². The number of hydrogen-bond donors (Lipinski definition) is 2. The third kappa shape index (κ3) is 5.00. The summed E-state index contributed by atoms with van der Waals surface area (Å²) < 4.78 is 28.5. The minimum atomic E-state index is -3.83. The normalized spacial score (nSPS) is 25.5. The van der Waals surface area contributed by atoms with Crippen molar-refractivity contribution in [3.8, 4) is 0 Å². The number of aromatic nitrogens is 1.